The number of nitrogens with zero attached hydrogens (tertiary/aromatic N) is 3. The Hall–Kier alpha value is -1.08. The van der Waals surface area contributed by atoms with E-state index in [0.717, 1.165) is 25.2 Å². The first-order valence-electron chi connectivity index (χ1n) is 4.75. The molecule has 0 radical (unpaired) electrons. The minimum absolute atomic E-state index is 0.164. The summed E-state index contributed by atoms with van der Waals surface area (Å²) in [5, 5.41) is 0.565. The zero-order valence-corrected chi connectivity index (χ0v) is 9.04. The molecule has 82 valence electrons. The third-order valence-corrected chi connectivity index (χ3v) is 3.05. The van der Waals surface area contributed by atoms with Crippen molar-refractivity contribution in [3.63, 3.8) is 0 Å². The topological polar surface area (TPSA) is 99.9 Å². The van der Waals surface area contributed by atoms with Crippen molar-refractivity contribution in [2.75, 3.05) is 23.8 Å². The fourth-order valence-electron chi connectivity index (χ4n) is 1.40. The van der Waals surface area contributed by atoms with E-state index < -0.39 is 0 Å². The van der Waals surface area contributed by atoms with Crippen molar-refractivity contribution < 1.29 is 4.74 Å². The number of nitrogens with two attached hydrogens (primary N) is 2. The van der Waals surface area contributed by atoms with Gasteiger partial charge in [0.1, 0.15) is 0 Å². The second-order valence-corrected chi connectivity index (χ2v) is 4.27. The molecule has 15 heavy (non-hydrogen) atoms. The van der Waals surface area contributed by atoms with E-state index in [-0.39, 0.29) is 11.9 Å². The Bertz CT molecular complexity index is 322. The zero-order chi connectivity index (χ0) is 10.7. The van der Waals surface area contributed by atoms with Crippen LogP contribution in [0.15, 0.2) is 5.16 Å². The third-order valence-electron chi connectivity index (χ3n) is 2.07. The van der Waals surface area contributed by atoms with E-state index in [9.17, 15) is 0 Å². The Kier molecular flexibility index (Phi) is 3.22. The van der Waals surface area contributed by atoms with Crippen LogP contribution in [-0.2, 0) is 4.74 Å². The molecule has 4 N–H and O–H groups in total. The van der Waals surface area contributed by atoms with E-state index in [4.69, 9.17) is 16.2 Å². The minimum atomic E-state index is 0.164. The molecule has 1 unspecified atom stereocenters. The normalized spacial score (nSPS) is 20.7. The van der Waals surface area contributed by atoms with E-state index in [1.165, 1.54) is 11.8 Å². The highest BCUT2D eigenvalue weighted by molar-refractivity contribution is 7.99. The SMILES string of the molecule is Nc1nc(N)nc(SCC2CCCO2)n1. The molecule has 0 spiro atoms. The van der Waals surface area contributed by atoms with E-state index in [1.54, 1.807) is 0 Å². The zero-order valence-electron chi connectivity index (χ0n) is 8.22. The van der Waals surface area contributed by atoms with Gasteiger partial charge < -0.3 is 16.2 Å². The van der Waals surface area contributed by atoms with Crippen LogP contribution in [-0.4, -0.2) is 33.4 Å². The maximum atomic E-state index is 5.48. The van der Waals surface area contributed by atoms with Crippen LogP contribution in [0.25, 0.3) is 0 Å². The number of anilines is 2. The Morgan fingerprint density at radius 3 is 2.60 bits per heavy atom. The predicted molar refractivity (Wildman–Crippen MR) is 58.3 cm³/mol. The number of hydrogen-bond donors (Lipinski definition) is 2. The lowest BCUT2D eigenvalue weighted by atomic mass is 10.3. The fourth-order valence-corrected chi connectivity index (χ4v) is 2.31. The van der Waals surface area contributed by atoms with E-state index in [1.807, 2.05) is 0 Å². The highest BCUT2D eigenvalue weighted by Gasteiger charge is 2.16. The minimum Gasteiger partial charge on any atom is -0.377 e. The number of aromatic nitrogens is 3. The average Bonchev–Trinajstić information content (AvgIpc) is 2.65. The smallest absolute Gasteiger partial charge is 0.225 e. The van der Waals surface area contributed by atoms with Crippen LogP contribution in [0.4, 0.5) is 11.9 Å². The van der Waals surface area contributed by atoms with Gasteiger partial charge in [-0.05, 0) is 12.8 Å². The fraction of sp³-hybridized carbons (Fsp3) is 0.625. The van der Waals surface area contributed by atoms with Gasteiger partial charge in [0.05, 0.1) is 6.10 Å². The van der Waals surface area contributed by atoms with Gasteiger partial charge in [-0.25, -0.2) is 0 Å². The van der Waals surface area contributed by atoms with Gasteiger partial charge in [0.25, 0.3) is 0 Å². The summed E-state index contributed by atoms with van der Waals surface area (Å²) in [6, 6.07) is 0. The molecule has 1 atom stereocenters. The van der Waals surface area contributed by atoms with Crippen molar-refractivity contribution in [3.05, 3.63) is 0 Å². The first kappa shape index (κ1) is 10.4. The molecular formula is C8H13N5OS. The van der Waals surface area contributed by atoms with Crippen LogP contribution in [0.3, 0.4) is 0 Å². The second-order valence-electron chi connectivity index (χ2n) is 3.28. The number of hydrogen-bond acceptors (Lipinski definition) is 7. The molecule has 1 fully saturated rings. The van der Waals surface area contributed by atoms with Gasteiger partial charge in [-0.3, -0.25) is 0 Å². The molecule has 0 amide bonds. The van der Waals surface area contributed by atoms with E-state index in [2.05, 4.69) is 15.0 Å². The molecule has 0 bridgehead atoms. The molecule has 2 rings (SSSR count). The van der Waals surface area contributed by atoms with Crippen molar-refractivity contribution in [3.8, 4) is 0 Å². The van der Waals surface area contributed by atoms with Crippen molar-refractivity contribution in [2.24, 2.45) is 0 Å². The third kappa shape index (κ3) is 2.93. The summed E-state index contributed by atoms with van der Waals surface area (Å²) in [5.41, 5.74) is 10.9. The van der Waals surface area contributed by atoms with Gasteiger partial charge in [0.15, 0.2) is 5.16 Å². The summed E-state index contributed by atoms with van der Waals surface area (Å²) in [7, 11) is 0. The highest BCUT2D eigenvalue weighted by Crippen LogP contribution is 2.21. The Labute approximate surface area is 91.8 Å². The maximum absolute atomic E-state index is 5.48. The standard InChI is InChI=1S/C8H13N5OS/c9-6-11-7(10)13-8(12-6)15-4-5-2-1-3-14-5/h5H,1-4H2,(H4,9,10,11,12,13). The monoisotopic (exact) mass is 227 g/mol. The Morgan fingerprint density at radius 2 is 2.00 bits per heavy atom. The molecule has 1 aliphatic rings. The van der Waals surface area contributed by atoms with Crippen LogP contribution < -0.4 is 11.5 Å². The van der Waals surface area contributed by atoms with Gasteiger partial charge >= 0.3 is 0 Å². The number of rotatable bonds is 3. The highest BCUT2D eigenvalue weighted by atomic mass is 32.2. The first-order chi connectivity index (χ1) is 7.24. The Morgan fingerprint density at radius 1 is 1.27 bits per heavy atom. The summed E-state index contributed by atoms with van der Waals surface area (Å²) in [6.07, 6.45) is 2.53. The van der Waals surface area contributed by atoms with Crippen LogP contribution in [0.1, 0.15) is 12.8 Å². The molecule has 0 saturated carbocycles. The molecule has 1 aromatic heterocycles. The van der Waals surface area contributed by atoms with Crippen molar-refractivity contribution >= 4 is 23.7 Å². The van der Waals surface area contributed by atoms with Crippen molar-refractivity contribution in [1.29, 1.82) is 0 Å². The molecular weight excluding hydrogens is 214 g/mol. The van der Waals surface area contributed by atoms with Crippen molar-refractivity contribution in [2.45, 2.75) is 24.1 Å². The molecule has 1 aromatic rings. The van der Waals surface area contributed by atoms with Gasteiger partial charge in [-0.15, -0.1) is 0 Å². The molecule has 7 heteroatoms. The van der Waals surface area contributed by atoms with Crippen LogP contribution in [0, 0.1) is 0 Å². The molecule has 1 saturated heterocycles. The van der Waals surface area contributed by atoms with Gasteiger partial charge in [0.2, 0.25) is 11.9 Å². The molecule has 0 aliphatic carbocycles. The van der Waals surface area contributed by atoms with Gasteiger partial charge in [-0.2, -0.15) is 15.0 Å². The lowest BCUT2D eigenvalue weighted by Gasteiger charge is -2.07. The van der Waals surface area contributed by atoms with Crippen molar-refractivity contribution in [1.82, 2.24) is 15.0 Å². The number of ether oxygens (including phenoxy) is 1. The maximum Gasteiger partial charge on any atom is 0.225 e. The lowest BCUT2D eigenvalue weighted by Crippen LogP contribution is -2.09. The van der Waals surface area contributed by atoms with Gasteiger partial charge in [0, 0.05) is 12.4 Å². The lowest BCUT2D eigenvalue weighted by molar-refractivity contribution is 0.129. The average molecular weight is 227 g/mol. The molecule has 0 aromatic carbocycles. The summed E-state index contributed by atoms with van der Waals surface area (Å²) in [5.74, 6) is 1.16. The van der Waals surface area contributed by atoms with Crippen LogP contribution in [0.5, 0.6) is 0 Å². The van der Waals surface area contributed by atoms with E-state index in [0.29, 0.717) is 11.3 Å². The van der Waals surface area contributed by atoms with Crippen LogP contribution >= 0.6 is 11.8 Å². The molecule has 6 nitrogen and oxygen atoms in total. The molecule has 2 heterocycles. The summed E-state index contributed by atoms with van der Waals surface area (Å²) in [4.78, 5) is 11.7. The number of nitrogen functional groups attached to an aromatic ring is 2. The molecule has 1 aliphatic heterocycles. The first-order valence-corrected chi connectivity index (χ1v) is 5.74. The van der Waals surface area contributed by atoms with E-state index >= 15 is 0 Å². The predicted octanol–water partition coefficient (Wildman–Crippen LogP) is 0.307. The summed E-state index contributed by atoms with van der Waals surface area (Å²) >= 11 is 1.50. The number of thioether (sulfide) groups is 1. The van der Waals surface area contributed by atoms with Crippen LogP contribution in [0.2, 0.25) is 0 Å². The summed E-state index contributed by atoms with van der Waals surface area (Å²) in [6.45, 7) is 0.854. The largest absolute Gasteiger partial charge is 0.377 e. The van der Waals surface area contributed by atoms with Gasteiger partial charge in [-0.1, -0.05) is 11.8 Å². The summed E-state index contributed by atoms with van der Waals surface area (Å²) < 4.78 is 5.48. The second kappa shape index (κ2) is 4.63. The quantitative estimate of drug-likeness (QED) is 0.716. The Balaban J connectivity index is 1.92.